The Bertz CT molecular complexity index is 883. The summed E-state index contributed by atoms with van der Waals surface area (Å²) in [7, 11) is 0. The fourth-order valence-corrected chi connectivity index (χ4v) is 2.82. The number of hydrogen-bond donors (Lipinski definition) is 0. The summed E-state index contributed by atoms with van der Waals surface area (Å²) < 4.78 is 14.2. The minimum atomic E-state index is -0.185. The van der Waals surface area contributed by atoms with Gasteiger partial charge < -0.3 is 0 Å². The van der Waals surface area contributed by atoms with Crippen LogP contribution in [0.4, 0.5) is 4.39 Å². The molecule has 0 aliphatic heterocycles. The van der Waals surface area contributed by atoms with Gasteiger partial charge in [-0.15, -0.1) is 35.0 Å². The van der Waals surface area contributed by atoms with Crippen molar-refractivity contribution in [1.82, 2.24) is 0 Å². The fraction of sp³-hybridized carbons (Fsp3) is 0. The third-order valence-corrected chi connectivity index (χ3v) is 3.63. The molecule has 0 aromatic heterocycles. The Hall–Kier alpha value is -1.31. The molecule has 0 atom stereocenters. The molecule has 1 radical (unpaired) electrons. The number of halogens is 1. The number of fused-ring (bicyclic) bond motifs is 6. The molecule has 0 amide bonds. The molecule has 0 N–H and O–H groups in total. The first-order valence-electron chi connectivity index (χ1n) is 6.25. The van der Waals surface area contributed by atoms with Crippen molar-refractivity contribution in [3.05, 3.63) is 72.5 Å². The van der Waals surface area contributed by atoms with Gasteiger partial charge in [0.15, 0.2) is 0 Å². The molecule has 93 valence electrons. The van der Waals surface area contributed by atoms with E-state index in [2.05, 4.69) is 12.1 Å². The summed E-state index contributed by atoms with van der Waals surface area (Å²) in [5.74, 6) is -0.185. The summed E-state index contributed by atoms with van der Waals surface area (Å²) in [6, 6.07) is 22.4. The van der Waals surface area contributed by atoms with Crippen LogP contribution >= 0.6 is 0 Å². The van der Waals surface area contributed by atoms with E-state index in [0.29, 0.717) is 5.39 Å². The first-order chi connectivity index (χ1) is 9.36. The van der Waals surface area contributed by atoms with E-state index in [1.165, 1.54) is 6.07 Å². The van der Waals surface area contributed by atoms with Crippen molar-refractivity contribution in [2.45, 2.75) is 0 Å². The molecule has 0 saturated heterocycles. The van der Waals surface area contributed by atoms with Crippen LogP contribution in [0, 0.1) is 11.9 Å². The number of benzene rings is 4. The molecule has 0 nitrogen and oxygen atoms in total. The van der Waals surface area contributed by atoms with E-state index in [9.17, 15) is 4.39 Å². The standard InChI is InChI=1S/C18H10F.Y/c19-17-11-5-10-16-14-7-2-1-6-12(14)13-8-3-4-9-15(13)18(16)17;/h1-8,10-11H;/q-1;. The molecular weight excluding hydrogens is 324 g/mol. The molecule has 0 spiro atoms. The van der Waals surface area contributed by atoms with E-state index < -0.39 is 0 Å². The molecule has 0 aliphatic carbocycles. The van der Waals surface area contributed by atoms with E-state index in [0.717, 1.165) is 26.9 Å². The average Bonchev–Trinajstić information content (AvgIpc) is 2.47. The van der Waals surface area contributed by atoms with Crippen molar-refractivity contribution in [1.29, 1.82) is 0 Å². The first kappa shape index (κ1) is 13.7. The summed E-state index contributed by atoms with van der Waals surface area (Å²) in [5, 5.41) is 5.75. The van der Waals surface area contributed by atoms with Crippen molar-refractivity contribution < 1.29 is 37.1 Å². The van der Waals surface area contributed by atoms with Gasteiger partial charge in [-0.1, -0.05) is 47.2 Å². The molecule has 4 aromatic rings. The van der Waals surface area contributed by atoms with Crippen molar-refractivity contribution in [3.8, 4) is 0 Å². The van der Waals surface area contributed by atoms with Crippen LogP contribution in [0.3, 0.4) is 0 Å². The third kappa shape index (κ3) is 1.89. The maximum Gasteiger partial charge on any atom is 0.0900 e. The van der Waals surface area contributed by atoms with Crippen LogP contribution < -0.4 is 0 Å². The minimum absolute atomic E-state index is 0. The van der Waals surface area contributed by atoms with Crippen LogP contribution in [-0.2, 0) is 32.7 Å². The molecule has 20 heavy (non-hydrogen) atoms. The van der Waals surface area contributed by atoms with Gasteiger partial charge in [-0.2, -0.15) is 0 Å². The zero-order valence-corrected chi connectivity index (χ0v) is 13.6. The number of hydrogen-bond acceptors (Lipinski definition) is 0. The Labute approximate surface area is 141 Å². The monoisotopic (exact) mass is 334 g/mol. The molecule has 0 saturated carbocycles. The second-order valence-corrected chi connectivity index (χ2v) is 4.67. The van der Waals surface area contributed by atoms with Crippen molar-refractivity contribution in [3.63, 3.8) is 0 Å². The average molecular weight is 334 g/mol. The second-order valence-electron chi connectivity index (χ2n) is 4.67. The largest absolute Gasteiger partial charge is 0.217 e. The van der Waals surface area contributed by atoms with E-state index in [4.69, 9.17) is 0 Å². The van der Waals surface area contributed by atoms with Crippen LogP contribution in [-0.4, -0.2) is 0 Å². The van der Waals surface area contributed by atoms with Gasteiger partial charge >= 0.3 is 0 Å². The fourth-order valence-electron chi connectivity index (χ4n) is 2.82. The molecule has 0 unspecified atom stereocenters. The van der Waals surface area contributed by atoms with Crippen LogP contribution in [0.25, 0.3) is 32.3 Å². The summed E-state index contributed by atoms with van der Waals surface area (Å²) >= 11 is 0. The number of rotatable bonds is 0. The predicted molar refractivity (Wildman–Crippen MR) is 77.8 cm³/mol. The predicted octanol–water partition coefficient (Wildman–Crippen LogP) is 5.08. The van der Waals surface area contributed by atoms with Crippen LogP contribution in [0.5, 0.6) is 0 Å². The van der Waals surface area contributed by atoms with Crippen LogP contribution in [0.1, 0.15) is 0 Å². The molecule has 2 heteroatoms. The molecule has 4 rings (SSSR count). The van der Waals surface area contributed by atoms with Gasteiger partial charge in [-0.05, 0) is 16.8 Å². The van der Waals surface area contributed by atoms with Crippen molar-refractivity contribution >= 4 is 32.3 Å². The van der Waals surface area contributed by atoms with Crippen LogP contribution in [0.15, 0.2) is 60.7 Å². The van der Waals surface area contributed by atoms with Crippen molar-refractivity contribution in [2.24, 2.45) is 0 Å². The quantitative estimate of drug-likeness (QED) is 0.311. The topological polar surface area (TPSA) is 0 Å². The first-order valence-corrected chi connectivity index (χ1v) is 6.25. The summed E-state index contributed by atoms with van der Waals surface area (Å²) in [6.45, 7) is 0. The van der Waals surface area contributed by atoms with Crippen molar-refractivity contribution in [2.75, 3.05) is 0 Å². The Kier molecular flexibility index (Phi) is 3.58. The van der Waals surface area contributed by atoms with Gasteiger partial charge in [0.2, 0.25) is 0 Å². The van der Waals surface area contributed by atoms with Gasteiger partial charge in [0.1, 0.15) is 0 Å². The van der Waals surface area contributed by atoms with E-state index in [1.54, 1.807) is 6.07 Å². The summed E-state index contributed by atoms with van der Waals surface area (Å²) in [4.78, 5) is 0. The van der Waals surface area contributed by atoms with Crippen LogP contribution in [0.2, 0.25) is 0 Å². The normalized spacial score (nSPS) is 10.8. The third-order valence-electron chi connectivity index (χ3n) is 3.63. The Morgan fingerprint density at radius 1 is 0.700 bits per heavy atom. The minimum Gasteiger partial charge on any atom is -0.217 e. The molecule has 0 aliphatic rings. The summed E-state index contributed by atoms with van der Waals surface area (Å²) in [6.07, 6.45) is 0. The van der Waals surface area contributed by atoms with Gasteiger partial charge in [0.25, 0.3) is 0 Å². The Morgan fingerprint density at radius 2 is 1.35 bits per heavy atom. The Morgan fingerprint density at radius 3 is 2.15 bits per heavy atom. The molecule has 0 bridgehead atoms. The molecule has 4 aromatic carbocycles. The maximum atomic E-state index is 14.2. The smallest absolute Gasteiger partial charge is 0.0900 e. The zero-order chi connectivity index (χ0) is 12.8. The van der Waals surface area contributed by atoms with Gasteiger partial charge in [0.05, 0.1) is 5.82 Å². The molecular formula is C18H10FY-. The van der Waals surface area contributed by atoms with Gasteiger partial charge in [-0.25, -0.2) is 4.39 Å². The zero-order valence-electron chi connectivity index (χ0n) is 10.7. The molecule has 0 heterocycles. The Balaban J connectivity index is 0.00000121. The van der Waals surface area contributed by atoms with E-state index in [1.807, 2.05) is 42.5 Å². The van der Waals surface area contributed by atoms with E-state index >= 15 is 0 Å². The summed E-state index contributed by atoms with van der Waals surface area (Å²) in [5.41, 5.74) is 0. The van der Waals surface area contributed by atoms with Gasteiger partial charge in [-0.3, -0.25) is 0 Å². The SMILES string of the molecule is Fc1cccc2c3ccccc3c3ccc[c-]c3c12.[Y]. The van der Waals surface area contributed by atoms with E-state index in [-0.39, 0.29) is 38.5 Å². The molecule has 0 fully saturated rings. The maximum absolute atomic E-state index is 14.2. The second kappa shape index (κ2) is 5.23. The van der Waals surface area contributed by atoms with Gasteiger partial charge in [0, 0.05) is 32.7 Å².